The molecule has 2 aliphatic rings. The molecule has 1 aromatic rings. The van der Waals surface area contributed by atoms with Crippen LogP contribution in [-0.2, 0) is 16.8 Å². The minimum absolute atomic E-state index is 0.177. The van der Waals surface area contributed by atoms with E-state index in [1.807, 2.05) is 0 Å². The van der Waals surface area contributed by atoms with Gasteiger partial charge in [-0.05, 0) is 42.4 Å². The Balaban J connectivity index is 1.99. The maximum absolute atomic E-state index is 9.51. The Morgan fingerprint density at radius 2 is 2.22 bits per heavy atom. The van der Waals surface area contributed by atoms with Crippen molar-refractivity contribution in [1.82, 2.24) is 0 Å². The molecule has 2 nitrogen and oxygen atoms in total. The molecule has 0 saturated carbocycles. The van der Waals surface area contributed by atoms with E-state index in [0.29, 0.717) is 6.61 Å². The van der Waals surface area contributed by atoms with Gasteiger partial charge >= 0.3 is 0 Å². The van der Waals surface area contributed by atoms with E-state index in [4.69, 9.17) is 4.74 Å². The highest BCUT2D eigenvalue weighted by molar-refractivity contribution is 5.36. The van der Waals surface area contributed by atoms with E-state index in [9.17, 15) is 5.11 Å². The Hall–Kier alpha value is -1.12. The molecule has 0 radical (unpaired) electrons. The zero-order valence-corrected chi connectivity index (χ0v) is 10.7. The van der Waals surface area contributed by atoms with Crippen LogP contribution in [0.25, 0.3) is 0 Å². The summed E-state index contributed by atoms with van der Waals surface area (Å²) in [4.78, 5) is 0. The van der Waals surface area contributed by atoms with Gasteiger partial charge in [0, 0.05) is 12.5 Å². The fourth-order valence-corrected chi connectivity index (χ4v) is 3.39. The van der Waals surface area contributed by atoms with Crippen molar-refractivity contribution in [2.24, 2.45) is 5.92 Å². The minimum atomic E-state index is -0.177. The number of hydrogen-bond acceptors (Lipinski definition) is 2. The Labute approximate surface area is 108 Å². The number of aryl methyl sites for hydroxylation is 1. The molecular formula is C16H20O2. The van der Waals surface area contributed by atoms with Crippen LogP contribution in [0.4, 0.5) is 0 Å². The van der Waals surface area contributed by atoms with Crippen molar-refractivity contribution in [1.29, 1.82) is 0 Å². The molecule has 0 aromatic heterocycles. The standard InChI is InChI=1S/C16H20O2/c1-12-11-18-16(9-14(12)10-17)8-4-6-13-5-2-3-7-15(13)16/h2-3,5,7,14,17H,1,4,6,8-11H2. The lowest BCUT2D eigenvalue weighted by Crippen LogP contribution is -2.41. The molecule has 1 aliphatic carbocycles. The second-order valence-electron chi connectivity index (χ2n) is 5.54. The average molecular weight is 244 g/mol. The SMILES string of the molecule is C=C1COC2(CCCc3ccccc32)CC1CO. The van der Waals surface area contributed by atoms with Crippen molar-refractivity contribution in [3.63, 3.8) is 0 Å². The van der Waals surface area contributed by atoms with E-state index < -0.39 is 0 Å². The first-order chi connectivity index (χ1) is 8.75. The molecule has 2 heteroatoms. The van der Waals surface area contributed by atoms with Crippen LogP contribution in [0.15, 0.2) is 36.4 Å². The fourth-order valence-electron chi connectivity index (χ4n) is 3.39. The number of fused-ring (bicyclic) bond motifs is 2. The second-order valence-corrected chi connectivity index (χ2v) is 5.54. The van der Waals surface area contributed by atoms with E-state index in [1.165, 1.54) is 17.5 Å². The zero-order valence-electron chi connectivity index (χ0n) is 10.7. The minimum Gasteiger partial charge on any atom is -0.396 e. The van der Waals surface area contributed by atoms with E-state index in [1.54, 1.807) is 0 Å². The third kappa shape index (κ3) is 1.80. The molecule has 1 aromatic carbocycles. The lowest BCUT2D eigenvalue weighted by molar-refractivity contribution is -0.0948. The van der Waals surface area contributed by atoms with Crippen LogP contribution in [-0.4, -0.2) is 18.3 Å². The third-order valence-corrected chi connectivity index (χ3v) is 4.44. The quantitative estimate of drug-likeness (QED) is 0.770. The van der Waals surface area contributed by atoms with E-state index in [0.717, 1.165) is 24.8 Å². The first-order valence-electron chi connectivity index (χ1n) is 6.76. The van der Waals surface area contributed by atoms with Gasteiger partial charge in [-0.1, -0.05) is 30.8 Å². The topological polar surface area (TPSA) is 29.5 Å². The van der Waals surface area contributed by atoms with Crippen LogP contribution in [0.5, 0.6) is 0 Å². The summed E-state index contributed by atoms with van der Waals surface area (Å²) >= 11 is 0. The number of rotatable bonds is 1. The number of ether oxygens (including phenoxy) is 1. The van der Waals surface area contributed by atoms with Crippen LogP contribution in [0.3, 0.4) is 0 Å². The van der Waals surface area contributed by atoms with E-state index in [-0.39, 0.29) is 18.1 Å². The summed E-state index contributed by atoms with van der Waals surface area (Å²) in [5, 5.41) is 9.51. The molecule has 2 unspecified atom stereocenters. The lowest BCUT2D eigenvalue weighted by atomic mass is 9.72. The molecule has 1 N–H and O–H groups in total. The molecule has 0 amide bonds. The predicted octanol–water partition coefficient (Wildman–Crippen LogP) is 2.80. The Morgan fingerprint density at radius 1 is 1.39 bits per heavy atom. The molecular weight excluding hydrogens is 224 g/mol. The number of aliphatic hydroxyl groups excluding tert-OH is 1. The molecule has 1 heterocycles. The van der Waals surface area contributed by atoms with Gasteiger partial charge in [-0.15, -0.1) is 0 Å². The summed E-state index contributed by atoms with van der Waals surface area (Å²) in [7, 11) is 0. The Bertz CT molecular complexity index is 466. The molecule has 18 heavy (non-hydrogen) atoms. The number of hydrogen-bond donors (Lipinski definition) is 1. The molecule has 2 atom stereocenters. The highest BCUT2D eigenvalue weighted by Crippen LogP contribution is 2.46. The number of benzene rings is 1. The lowest BCUT2D eigenvalue weighted by Gasteiger charge is -2.45. The smallest absolute Gasteiger partial charge is 0.0945 e. The van der Waals surface area contributed by atoms with Gasteiger partial charge in [0.2, 0.25) is 0 Å². The Morgan fingerprint density at radius 3 is 3.06 bits per heavy atom. The van der Waals surface area contributed by atoms with Crippen molar-refractivity contribution in [2.75, 3.05) is 13.2 Å². The van der Waals surface area contributed by atoms with Crippen molar-refractivity contribution in [3.8, 4) is 0 Å². The monoisotopic (exact) mass is 244 g/mol. The van der Waals surface area contributed by atoms with Gasteiger partial charge in [0.1, 0.15) is 0 Å². The van der Waals surface area contributed by atoms with Crippen LogP contribution in [0, 0.1) is 5.92 Å². The Kier molecular flexibility index (Phi) is 3.00. The highest BCUT2D eigenvalue weighted by Gasteiger charge is 2.42. The van der Waals surface area contributed by atoms with Crippen LogP contribution in [0.2, 0.25) is 0 Å². The van der Waals surface area contributed by atoms with Gasteiger partial charge in [0.15, 0.2) is 0 Å². The molecule has 1 fully saturated rings. The van der Waals surface area contributed by atoms with Crippen molar-refractivity contribution in [2.45, 2.75) is 31.3 Å². The van der Waals surface area contributed by atoms with Gasteiger partial charge in [0.25, 0.3) is 0 Å². The molecule has 96 valence electrons. The maximum Gasteiger partial charge on any atom is 0.0945 e. The van der Waals surface area contributed by atoms with Gasteiger partial charge in [-0.3, -0.25) is 0 Å². The summed E-state index contributed by atoms with van der Waals surface area (Å²) in [6, 6.07) is 8.59. The largest absolute Gasteiger partial charge is 0.396 e. The normalized spacial score (nSPS) is 31.4. The molecule has 0 bridgehead atoms. The van der Waals surface area contributed by atoms with Crippen molar-refractivity contribution < 1.29 is 9.84 Å². The summed E-state index contributed by atoms with van der Waals surface area (Å²) < 4.78 is 6.17. The van der Waals surface area contributed by atoms with Gasteiger partial charge in [-0.2, -0.15) is 0 Å². The van der Waals surface area contributed by atoms with Gasteiger partial charge in [-0.25, -0.2) is 0 Å². The molecule has 1 spiro atoms. The summed E-state index contributed by atoms with van der Waals surface area (Å²) in [6.45, 7) is 4.78. The zero-order chi connectivity index (χ0) is 12.6. The van der Waals surface area contributed by atoms with Crippen molar-refractivity contribution >= 4 is 0 Å². The number of aliphatic hydroxyl groups is 1. The predicted molar refractivity (Wildman–Crippen MR) is 71.3 cm³/mol. The molecule has 3 rings (SSSR count). The summed E-state index contributed by atoms with van der Waals surface area (Å²) in [5.74, 6) is 0.185. The van der Waals surface area contributed by atoms with E-state index >= 15 is 0 Å². The molecule has 1 aliphatic heterocycles. The highest BCUT2D eigenvalue weighted by atomic mass is 16.5. The van der Waals surface area contributed by atoms with Crippen LogP contribution >= 0.6 is 0 Å². The second kappa shape index (κ2) is 4.52. The third-order valence-electron chi connectivity index (χ3n) is 4.44. The first kappa shape index (κ1) is 11.9. The summed E-state index contributed by atoms with van der Waals surface area (Å²) in [5.41, 5.74) is 3.60. The van der Waals surface area contributed by atoms with Gasteiger partial charge in [0.05, 0.1) is 12.2 Å². The van der Waals surface area contributed by atoms with E-state index in [2.05, 4.69) is 30.8 Å². The van der Waals surface area contributed by atoms with Crippen LogP contribution < -0.4 is 0 Å². The van der Waals surface area contributed by atoms with Gasteiger partial charge < -0.3 is 9.84 Å². The van der Waals surface area contributed by atoms with Crippen molar-refractivity contribution in [3.05, 3.63) is 47.5 Å². The summed E-state index contributed by atoms with van der Waals surface area (Å²) in [6.07, 6.45) is 4.25. The fraction of sp³-hybridized carbons (Fsp3) is 0.500. The average Bonchev–Trinajstić information content (AvgIpc) is 2.42. The first-order valence-corrected chi connectivity index (χ1v) is 6.76. The van der Waals surface area contributed by atoms with Crippen LogP contribution in [0.1, 0.15) is 30.4 Å². The molecule has 1 saturated heterocycles. The maximum atomic E-state index is 9.51.